The molecule has 0 aliphatic carbocycles. The van der Waals surface area contributed by atoms with Crippen molar-refractivity contribution >= 4 is 5.97 Å². The summed E-state index contributed by atoms with van der Waals surface area (Å²) < 4.78 is 15.9. The molecule has 0 saturated carbocycles. The van der Waals surface area contributed by atoms with Crippen molar-refractivity contribution in [3.8, 4) is 11.5 Å². The molecule has 1 aliphatic rings. The zero-order chi connectivity index (χ0) is 14.5. The van der Waals surface area contributed by atoms with Crippen molar-refractivity contribution in [2.45, 2.75) is 18.9 Å². The summed E-state index contributed by atoms with van der Waals surface area (Å²) in [5.41, 5.74) is 0.488. The summed E-state index contributed by atoms with van der Waals surface area (Å²) in [6.45, 7) is 1.92. The minimum atomic E-state index is -0.305. The molecule has 1 fully saturated rings. The molecule has 1 aromatic carbocycles. The van der Waals surface area contributed by atoms with Crippen molar-refractivity contribution < 1.29 is 19.0 Å². The summed E-state index contributed by atoms with van der Waals surface area (Å²) in [6.07, 6.45) is 1.78. The maximum atomic E-state index is 12.1. The third-order valence-electron chi connectivity index (χ3n) is 3.56. The number of hydrogen-bond donors (Lipinski definition) is 0. The monoisotopic (exact) mass is 279 g/mol. The highest BCUT2D eigenvalue weighted by atomic mass is 16.5. The zero-order valence-corrected chi connectivity index (χ0v) is 12.2. The van der Waals surface area contributed by atoms with Gasteiger partial charge in [0.2, 0.25) is 0 Å². The van der Waals surface area contributed by atoms with E-state index in [0.717, 1.165) is 25.9 Å². The highest BCUT2D eigenvalue weighted by Gasteiger charge is 2.21. The van der Waals surface area contributed by atoms with Gasteiger partial charge in [0.05, 0.1) is 19.8 Å². The van der Waals surface area contributed by atoms with Crippen molar-refractivity contribution in [1.29, 1.82) is 0 Å². The molecule has 5 nitrogen and oxygen atoms in total. The molecule has 0 amide bonds. The van der Waals surface area contributed by atoms with Crippen LogP contribution in [0, 0.1) is 0 Å². The Kier molecular flexibility index (Phi) is 4.84. The van der Waals surface area contributed by atoms with E-state index in [-0.39, 0.29) is 12.1 Å². The first-order chi connectivity index (χ1) is 9.63. The summed E-state index contributed by atoms with van der Waals surface area (Å²) in [6, 6.07) is 5.05. The Hall–Kier alpha value is -1.75. The van der Waals surface area contributed by atoms with E-state index in [1.807, 2.05) is 0 Å². The fourth-order valence-corrected chi connectivity index (χ4v) is 2.29. The molecule has 2 rings (SSSR count). The van der Waals surface area contributed by atoms with E-state index in [4.69, 9.17) is 14.2 Å². The van der Waals surface area contributed by atoms with E-state index in [9.17, 15) is 4.79 Å². The van der Waals surface area contributed by atoms with Crippen LogP contribution >= 0.6 is 0 Å². The fraction of sp³-hybridized carbons (Fsp3) is 0.533. The normalized spacial score (nSPS) is 16.8. The Labute approximate surface area is 119 Å². The summed E-state index contributed by atoms with van der Waals surface area (Å²) in [7, 11) is 5.19. The van der Waals surface area contributed by atoms with Crippen LogP contribution < -0.4 is 9.47 Å². The number of benzene rings is 1. The Balaban J connectivity index is 2.02. The van der Waals surface area contributed by atoms with Gasteiger partial charge in [-0.25, -0.2) is 4.79 Å². The van der Waals surface area contributed by atoms with E-state index >= 15 is 0 Å². The maximum Gasteiger partial charge on any atom is 0.338 e. The Morgan fingerprint density at radius 1 is 1.15 bits per heavy atom. The molecule has 0 spiro atoms. The molecule has 1 aliphatic heterocycles. The van der Waals surface area contributed by atoms with Crippen molar-refractivity contribution in [3.05, 3.63) is 23.8 Å². The summed E-state index contributed by atoms with van der Waals surface area (Å²) in [5.74, 6) is 0.828. The molecule has 0 bridgehead atoms. The fourth-order valence-electron chi connectivity index (χ4n) is 2.29. The minimum absolute atomic E-state index is 0.00629. The van der Waals surface area contributed by atoms with E-state index in [1.165, 1.54) is 0 Å². The van der Waals surface area contributed by atoms with Crippen LogP contribution in [0.25, 0.3) is 0 Å². The van der Waals surface area contributed by atoms with E-state index in [1.54, 1.807) is 32.4 Å². The first-order valence-electron chi connectivity index (χ1n) is 6.75. The number of hydrogen-bond acceptors (Lipinski definition) is 5. The van der Waals surface area contributed by atoms with Gasteiger partial charge in [-0.2, -0.15) is 0 Å². The molecule has 0 unspecified atom stereocenters. The van der Waals surface area contributed by atoms with Gasteiger partial charge in [0.15, 0.2) is 11.5 Å². The molecule has 1 heterocycles. The Bertz CT molecular complexity index is 467. The van der Waals surface area contributed by atoms with Crippen LogP contribution in [0.5, 0.6) is 11.5 Å². The number of rotatable bonds is 4. The average Bonchev–Trinajstić information content (AvgIpc) is 2.48. The zero-order valence-electron chi connectivity index (χ0n) is 12.2. The second kappa shape index (κ2) is 6.61. The predicted octanol–water partition coefficient (Wildman–Crippen LogP) is 1.95. The highest BCUT2D eigenvalue weighted by molar-refractivity contribution is 5.90. The lowest BCUT2D eigenvalue weighted by molar-refractivity contribution is 0.0139. The maximum absolute atomic E-state index is 12.1. The second-order valence-electron chi connectivity index (χ2n) is 4.98. The van der Waals surface area contributed by atoms with Crippen LogP contribution in [-0.4, -0.2) is 51.3 Å². The van der Waals surface area contributed by atoms with Gasteiger partial charge in [0.1, 0.15) is 6.10 Å². The standard InChI is InChI=1S/C15H21NO4/c1-16-8-6-12(7-9-16)20-15(17)11-4-5-13(18-2)14(10-11)19-3/h4-5,10,12H,6-9H2,1-3H3. The van der Waals surface area contributed by atoms with Gasteiger partial charge in [-0.05, 0) is 38.1 Å². The average molecular weight is 279 g/mol. The van der Waals surface area contributed by atoms with Gasteiger partial charge in [-0.15, -0.1) is 0 Å². The van der Waals surface area contributed by atoms with Crippen LogP contribution in [0.15, 0.2) is 18.2 Å². The molecule has 1 saturated heterocycles. The summed E-state index contributed by atoms with van der Waals surface area (Å²) >= 11 is 0. The number of nitrogens with zero attached hydrogens (tertiary/aromatic N) is 1. The number of piperidine rings is 1. The van der Waals surface area contributed by atoms with Crippen LogP contribution in [0.4, 0.5) is 0 Å². The number of likely N-dealkylation sites (tertiary alicyclic amines) is 1. The van der Waals surface area contributed by atoms with Gasteiger partial charge < -0.3 is 19.1 Å². The lowest BCUT2D eigenvalue weighted by atomic mass is 10.1. The minimum Gasteiger partial charge on any atom is -0.493 e. The summed E-state index contributed by atoms with van der Waals surface area (Å²) in [5, 5.41) is 0. The molecular weight excluding hydrogens is 258 g/mol. The predicted molar refractivity (Wildman–Crippen MR) is 75.5 cm³/mol. The van der Waals surface area contributed by atoms with E-state index in [2.05, 4.69) is 11.9 Å². The van der Waals surface area contributed by atoms with Gasteiger partial charge in [-0.3, -0.25) is 0 Å². The molecule has 0 atom stereocenters. The molecule has 0 N–H and O–H groups in total. The molecule has 110 valence electrons. The van der Waals surface area contributed by atoms with Gasteiger partial charge in [0.25, 0.3) is 0 Å². The van der Waals surface area contributed by atoms with Crippen molar-refractivity contribution in [1.82, 2.24) is 4.90 Å². The van der Waals surface area contributed by atoms with Gasteiger partial charge >= 0.3 is 5.97 Å². The number of methoxy groups -OCH3 is 2. The van der Waals surface area contributed by atoms with Crippen LogP contribution in [0.3, 0.4) is 0 Å². The second-order valence-corrected chi connectivity index (χ2v) is 4.98. The van der Waals surface area contributed by atoms with Crippen molar-refractivity contribution in [2.75, 3.05) is 34.4 Å². The van der Waals surface area contributed by atoms with Crippen LogP contribution in [0.2, 0.25) is 0 Å². The molecule has 0 aromatic heterocycles. The Morgan fingerprint density at radius 2 is 1.80 bits per heavy atom. The van der Waals surface area contributed by atoms with Gasteiger partial charge in [0, 0.05) is 13.1 Å². The van der Waals surface area contributed by atoms with Crippen LogP contribution in [-0.2, 0) is 4.74 Å². The van der Waals surface area contributed by atoms with Gasteiger partial charge in [-0.1, -0.05) is 0 Å². The third kappa shape index (κ3) is 3.42. The number of carbonyl (C=O) groups excluding carboxylic acids is 1. The Morgan fingerprint density at radius 3 is 2.40 bits per heavy atom. The largest absolute Gasteiger partial charge is 0.493 e. The lowest BCUT2D eigenvalue weighted by Crippen LogP contribution is -2.35. The van der Waals surface area contributed by atoms with Crippen molar-refractivity contribution in [3.63, 3.8) is 0 Å². The highest BCUT2D eigenvalue weighted by Crippen LogP contribution is 2.28. The molecule has 0 radical (unpaired) electrons. The van der Waals surface area contributed by atoms with E-state index < -0.39 is 0 Å². The molecule has 1 aromatic rings. The topological polar surface area (TPSA) is 48.0 Å². The number of carbonyl (C=O) groups is 1. The molecule has 5 heteroatoms. The summed E-state index contributed by atoms with van der Waals surface area (Å²) in [4.78, 5) is 14.4. The molecular formula is C15H21NO4. The van der Waals surface area contributed by atoms with E-state index in [0.29, 0.717) is 17.1 Å². The third-order valence-corrected chi connectivity index (χ3v) is 3.56. The SMILES string of the molecule is COc1ccc(C(=O)OC2CCN(C)CC2)cc1OC. The number of ether oxygens (including phenoxy) is 3. The molecule has 20 heavy (non-hydrogen) atoms. The quantitative estimate of drug-likeness (QED) is 0.788. The first-order valence-corrected chi connectivity index (χ1v) is 6.75. The van der Waals surface area contributed by atoms with Crippen molar-refractivity contribution in [2.24, 2.45) is 0 Å². The lowest BCUT2D eigenvalue weighted by Gasteiger charge is -2.28. The smallest absolute Gasteiger partial charge is 0.338 e. The first kappa shape index (κ1) is 14.7. The number of esters is 1. The van der Waals surface area contributed by atoms with Crippen LogP contribution in [0.1, 0.15) is 23.2 Å².